The number of nitrogens with zero attached hydrogens (tertiary/aromatic N) is 1. The van der Waals surface area contributed by atoms with E-state index in [9.17, 15) is 0 Å². The molecule has 0 atom stereocenters. The van der Waals surface area contributed by atoms with Gasteiger partial charge in [-0.2, -0.15) is 0 Å². The topological polar surface area (TPSA) is 3.24 Å². The lowest BCUT2D eigenvalue weighted by atomic mass is 9.94. The summed E-state index contributed by atoms with van der Waals surface area (Å²) >= 11 is 1.86. The van der Waals surface area contributed by atoms with Gasteiger partial charge in [0.25, 0.3) is 0 Å². The fourth-order valence-corrected chi connectivity index (χ4v) is 8.91. The van der Waals surface area contributed by atoms with Gasteiger partial charge in [-0.15, -0.1) is 11.3 Å². The van der Waals surface area contributed by atoms with Gasteiger partial charge in [-0.05, 0) is 98.2 Å². The SMILES string of the molecule is c1ccc(-c2ccc(-c3c(N(c4ccc(-c5ccc6ccccc6c5)cc4)c4cccc(-c5ccccc5)c4)ccc4sc5ccccc5c34)cc2)cc1. The number of anilines is 3. The molecule has 10 aromatic rings. The summed E-state index contributed by atoms with van der Waals surface area (Å²) in [6, 6.07) is 77.2. The van der Waals surface area contributed by atoms with E-state index in [2.05, 4.69) is 217 Å². The lowest BCUT2D eigenvalue weighted by Gasteiger charge is -2.29. The maximum Gasteiger partial charge on any atom is 0.0547 e. The van der Waals surface area contributed by atoms with E-state index in [1.807, 2.05) is 11.3 Å². The number of benzene rings is 9. The van der Waals surface area contributed by atoms with Crippen LogP contribution >= 0.6 is 11.3 Å². The van der Waals surface area contributed by atoms with E-state index >= 15 is 0 Å². The minimum Gasteiger partial charge on any atom is -0.310 e. The second-order valence-corrected chi connectivity index (χ2v) is 14.8. The van der Waals surface area contributed by atoms with Crippen LogP contribution in [0.3, 0.4) is 0 Å². The molecule has 9 aromatic carbocycles. The molecule has 0 saturated carbocycles. The van der Waals surface area contributed by atoms with Crippen LogP contribution in [-0.2, 0) is 0 Å². The van der Waals surface area contributed by atoms with Crippen LogP contribution in [0.25, 0.3) is 75.5 Å². The average molecular weight is 706 g/mol. The highest BCUT2D eigenvalue weighted by molar-refractivity contribution is 7.26. The predicted molar refractivity (Wildman–Crippen MR) is 233 cm³/mol. The summed E-state index contributed by atoms with van der Waals surface area (Å²) in [5.74, 6) is 0. The van der Waals surface area contributed by atoms with Crippen molar-refractivity contribution in [1.82, 2.24) is 0 Å². The first-order valence-electron chi connectivity index (χ1n) is 18.4. The largest absolute Gasteiger partial charge is 0.310 e. The van der Waals surface area contributed by atoms with Crippen molar-refractivity contribution in [2.24, 2.45) is 0 Å². The quantitative estimate of drug-likeness (QED) is 0.160. The zero-order valence-electron chi connectivity index (χ0n) is 29.6. The zero-order valence-corrected chi connectivity index (χ0v) is 30.4. The molecule has 0 aliphatic carbocycles. The van der Waals surface area contributed by atoms with E-state index in [1.165, 1.54) is 75.5 Å². The van der Waals surface area contributed by atoms with Crippen molar-refractivity contribution in [3.8, 4) is 44.5 Å². The monoisotopic (exact) mass is 705 g/mol. The summed E-state index contributed by atoms with van der Waals surface area (Å²) in [6.45, 7) is 0. The van der Waals surface area contributed by atoms with Crippen molar-refractivity contribution in [3.63, 3.8) is 0 Å². The van der Waals surface area contributed by atoms with Gasteiger partial charge >= 0.3 is 0 Å². The Balaban J connectivity index is 1.19. The van der Waals surface area contributed by atoms with E-state index < -0.39 is 0 Å². The van der Waals surface area contributed by atoms with Gasteiger partial charge < -0.3 is 4.90 Å². The summed E-state index contributed by atoms with van der Waals surface area (Å²) in [5.41, 5.74) is 13.0. The molecule has 10 rings (SSSR count). The molecule has 1 aromatic heterocycles. The molecule has 0 amide bonds. The molecule has 0 unspecified atom stereocenters. The normalized spacial score (nSPS) is 11.3. The summed E-state index contributed by atoms with van der Waals surface area (Å²) < 4.78 is 2.58. The summed E-state index contributed by atoms with van der Waals surface area (Å²) in [7, 11) is 0. The third-order valence-electron chi connectivity index (χ3n) is 10.5. The van der Waals surface area contributed by atoms with E-state index in [4.69, 9.17) is 0 Å². The Bertz CT molecular complexity index is 2910. The van der Waals surface area contributed by atoms with Gasteiger partial charge in [0.15, 0.2) is 0 Å². The summed E-state index contributed by atoms with van der Waals surface area (Å²) in [4.78, 5) is 2.45. The second kappa shape index (κ2) is 13.7. The molecule has 0 saturated heterocycles. The van der Waals surface area contributed by atoms with Gasteiger partial charge in [0.1, 0.15) is 0 Å². The molecule has 254 valence electrons. The summed E-state index contributed by atoms with van der Waals surface area (Å²) in [6.07, 6.45) is 0. The fourth-order valence-electron chi connectivity index (χ4n) is 7.80. The fraction of sp³-hybridized carbons (Fsp3) is 0. The third-order valence-corrected chi connectivity index (χ3v) is 11.6. The number of rotatable bonds is 7. The Kier molecular flexibility index (Phi) is 8.09. The highest BCUT2D eigenvalue weighted by Crippen LogP contribution is 2.49. The molecule has 0 aliphatic rings. The number of fused-ring (bicyclic) bond motifs is 4. The first kappa shape index (κ1) is 32.0. The predicted octanol–water partition coefficient (Wildman–Crippen LogP) is 15.3. The number of hydrogen-bond donors (Lipinski definition) is 0. The zero-order chi connectivity index (χ0) is 35.8. The standard InChI is InChI=1S/C52H35NS/c1-3-12-36(13-4-1)39-22-25-41(26-23-39)51-48(32-33-50-52(51)47-20-9-10-21-49(47)54-50)53(46-19-11-18-43(35-46)37-14-5-2-6-15-37)45-30-28-40(29-31-45)44-27-24-38-16-7-8-17-42(38)34-44/h1-35H. The molecule has 0 radical (unpaired) electrons. The van der Waals surface area contributed by atoms with Crippen molar-refractivity contribution in [2.75, 3.05) is 4.90 Å². The van der Waals surface area contributed by atoms with Gasteiger partial charge in [0.2, 0.25) is 0 Å². The highest BCUT2D eigenvalue weighted by atomic mass is 32.1. The van der Waals surface area contributed by atoms with Crippen LogP contribution in [0, 0.1) is 0 Å². The van der Waals surface area contributed by atoms with Gasteiger partial charge in [-0.1, -0.05) is 164 Å². The molecule has 0 aliphatic heterocycles. The lowest BCUT2D eigenvalue weighted by molar-refractivity contribution is 1.29. The van der Waals surface area contributed by atoms with Crippen molar-refractivity contribution in [3.05, 3.63) is 212 Å². The Morgan fingerprint density at radius 2 is 0.870 bits per heavy atom. The second-order valence-electron chi connectivity index (χ2n) is 13.7. The molecule has 2 heteroatoms. The maximum atomic E-state index is 2.45. The van der Waals surface area contributed by atoms with Gasteiger partial charge in [-0.3, -0.25) is 0 Å². The van der Waals surface area contributed by atoms with Crippen LogP contribution in [0.2, 0.25) is 0 Å². The van der Waals surface area contributed by atoms with E-state index in [-0.39, 0.29) is 0 Å². The van der Waals surface area contributed by atoms with Crippen LogP contribution in [0.15, 0.2) is 212 Å². The minimum atomic E-state index is 1.10. The van der Waals surface area contributed by atoms with Crippen LogP contribution in [0.5, 0.6) is 0 Å². The van der Waals surface area contributed by atoms with Crippen LogP contribution < -0.4 is 4.90 Å². The van der Waals surface area contributed by atoms with E-state index in [1.54, 1.807) is 0 Å². The molecule has 1 heterocycles. The first-order valence-corrected chi connectivity index (χ1v) is 19.2. The van der Waals surface area contributed by atoms with Gasteiger partial charge in [0, 0.05) is 37.1 Å². The highest BCUT2D eigenvalue weighted by Gasteiger charge is 2.22. The van der Waals surface area contributed by atoms with Crippen LogP contribution in [0.1, 0.15) is 0 Å². The Hall–Kier alpha value is -6.74. The summed E-state index contributed by atoms with van der Waals surface area (Å²) in [5, 5.41) is 5.07. The van der Waals surface area contributed by atoms with Crippen molar-refractivity contribution < 1.29 is 0 Å². The lowest BCUT2D eigenvalue weighted by Crippen LogP contribution is -2.11. The molecule has 54 heavy (non-hydrogen) atoms. The molecule has 0 fully saturated rings. The van der Waals surface area contributed by atoms with Crippen LogP contribution in [0.4, 0.5) is 17.1 Å². The molecule has 0 spiro atoms. The van der Waals surface area contributed by atoms with Crippen molar-refractivity contribution >= 4 is 59.3 Å². The smallest absolute Gasteiger partial charge is 0.0547 e. The Morgan fingerprint density at radius 3 is 1.65 bits per heavy atom. The Morgan fingerprint density at radius 1 is 0.315 bits per heavy atom. The van der Waals surface area contributed by atoms with E-state index in [0.717, 1.165) is 17.1 Å². The van der Waals surface area contributed by atoms with Crippen LogP contribution in [-0.4, -0.2) is 0 Å². The van der Waals surface area contributed by atoms with Crippen molar-refractivity contribution in [1.29, 1.82) is 0 Å². The minimum absolute atomic E-state index is 1.10. The third kappa shape index (κ3) is 5.84. The number of thiophene rings is 1. The van der Waals surface area contributed by atoms with Gasteiger partial charge in [0.05, 0.1) is 5.69 Å². The first-order chi connectivity index (χ1) is 26.8. The average Bonchev–Trinajstić information content (AvgIpc) is 3.63. The molecule has 0 bridgehead atoms. The molecule has 0 N–H and O–H groups in total. The molecular formula is C52H35NS. The maximum absolute atomic E-state index is 2.45. The number of hydrogen-bond acceptors (Lipinski definition) is 2. The molecule has 1 nitrogen and oxygen atoms in total. The Labute approximate surface area is 319 Å². The molecular weight excluding hydrogens is 671 g/mol. The van der Waals surface area contributed by atoms with Gasteiger partial charge in [-0.25, -0.2) is 0 Å². The van der Waals surface area contributed by atoms with Crippen molar-refractivity contribution in [2.45, 2.75) is 0 Å². The van der Waals surface area contributed by atoms with E-state index in [0.29, 0.717) is 0 Å².